The minimum absolute atomic E-state index is 0.0257. The summed E-state index contributed by atoms with van der Waals surface area (Å²) in [6.45, 7) is 9.33. The molecule has 6 N–H and O–H groups in total. The largest absolute Gasteiger partial charge is 0.455 e. The highest BCUT2D eigenvalue weighted by Gasteiger charge is 2.78. The van der Waals surface area contributed by atoms with Gasteiger partial charge in [0.05, 0.1) is 62.5 Å². The van der Waals surface area contributed by atoms with E-state index in [1.165, 1.54) is 52.0 Å². The first-order valence-electron chi connectivity index (χ1n) is 25.9. The van der Waals surface area contributed by atoms with Gasteiger partial charge in [-0.3, -0.25) is 28.8 Å². The SMILES string of the molecule is CC(=O)O[C@H]1C(=O)[C@@]2(C)C([C@H](OC(=O)c3ccccc3)[C@]3(O)C[C@H](OC(=O)[C@H](OC(=O)CCC(=O)NCCOCCOCCN)[C@@H](NC(=O)c4ccccc4)c4ccccc4)C(C)=C1C3(C)C)[C@]1(OC(C)=O)CO[C@@H]1C[C@@H]2O. The van der Waals surface area contributed by atoms with E-state index in [0.717, 1.165) is 13.8 Å². The monoisotopic (exact) mass is 1080 g/mol. The number of fused-ring (bicyclic) bond motifs is 5. The van der Waals surface area contributed by atoms with Crippen molar-refractivity contribution in [2.45, 2.75) is 121 Å². The Morgan fingerprint density at radius 1 is 0.795 bits per heavy atom. The second-order valence-corrected chi connectivity index (χ2v) is 20.7. The van der Waals surface area contributed by atoms with Crippen LogP contribution in [0.15, 0.2) is 102 Å². The summed E-state index contributed by atoms with van der Waals surface area (Å²) < 4.78 is 47.5. The zero-order valence-electron chi connectivity index (χ0n) is 44.6. The molecule has 4 aliphatic rings. The fourth-order valence-corrected chi connectivity index (χ4v) is 11.5. The zero-order valence-corrected chi connectivity index (χ0v) is 44.6. The number of ether oxygens (including phenoxy) is 8. The predicted molar refractivity (Wildman–Crippen MR) is 274 cm³/mol. The lowest BCUT2D eigenvalue weighted by Crippen LogP contribution is -2.82. The van der Waals surface area contributed by atoms with Crippen molar-refractivity contribution in [3.63, 3.8) is 0 Å². The number of aliphatic hydroxyl groups is 2. The van der Waals surface area contributed by atoms with Gasteiger partial charge in [0.15, 0.2) is 17.5 Å². The van der Waals surface area contributed by atoms with Crippen molar-refractivity contribution >= 4 is 47.4 Å². The van der Waals surface area contributed by atoms with E-state index in [2.05, 4.69) is 10.6 Å². The maximum atomic E-state index is 15.8. The van der Waals surface area contributed by atoms with E-state index in [1.54, 1.807) is 66.7 Å². The van der Waals surface area contributed by atoms with E-state index >= 15 is 9.59 Å². The molecule has 1 unspecified atom stereocenters. The fourth-order valence-electron chi connectivity index (χ4n) is 11.5. The van der Waals surface area contributed by atoms with Crippen molar-refractivity contribution in [2.24, 2.45) is 22.5 Å². The van der Waals surface area contributed by atoms with Gasteiger partial charge in [0.25, 0.3) is 5.91 Å². The molecule has 7 rings (SSSR count). The Kier molecular flexibility index (Phi) is 18.7. The van der Waals surface area contributed by atoms with Gasteiger partial charge in [-0.2, -0.15) is 0 Å². The third kappa shape index (κ3) is 12.1. The Balaban J connectivity index is 1.32. The third-order valence-corrected chi connectivity index (χ3v) is 15.5. The molecule has 3 aromatic carbocycles. The number of Topliss-reactive ketones (excluding diaryl/α,β-unsaturated/α-hetero) is 1. The molecule has 3 aromatic rings. The van der Waals surface area contributed by atoms with Crippen molar-refractivity contribution < 1.29 is 86.5 Å². The van der Waals surface area contributed by atoms with Gasteiger partial charge >= 0.3 is 29.8 Å². The van der Waals surface area contributed by atoms with Crippen molar-refractivity contribution in [3.8, 4) is 0 Å². The minimum Gasteiger partial charge on any atom is -0.455 e. The number of benzene rings is 3. The number of esters is 5. The normalized spacial score (nSPS) is 27.6. The van der Waals surface area contributed by atoms with E-state index in [-0.39, 0.29) is 67.0 Å². The molecular formula is C57H69N3O18. The van der Waals surface area contributed by atoms with E-state index in [0.29, 0.717) is 19.8 Å². The number of hydrogen-bond donors (Lipinski definition) is 5. The Hall–Kier alpha value is -6.88. The number of ketones is 1. The average molecular weight is 1080 g/mol. The van der Waals surface area contributed by atoms with E-state index in [9.17, 15) is 39.0 Å². The molecule has 1 heterocycles. The van der Waals surface area contributed by atoms with Gasteiger partial charge in [-0.25, -0.2) is 9.59 Å². The van der Waals surface area contributed by atoms with E-state index in [4.69, 9.17) is 43.6 Å². The minimum atomic E-state index is -2.50. The molecule has 3 aliphatic carbocycles. The standard InChI is InChI=1S/C57H69N3O18/c1-33-39(75-53(69)47(76-43(65)23-22-42(64)59-25-27-72-29-28-71-26-24-58)45(36-16-10-7-11-17-36)60-51(67)37-18-12-8-13-19-37)31-57(70)50(77-52(68)38-20-14-9-15-21-38)48-55(6,40(63)30-41-56(48,32-73-41)78-35(3)62)49(66)46(74-34(2)61)44(33)54(57,4)5/h7-21,39-41,45-48,50,63,70H,22-32,58H2,1-6H3,(H,59,64)(H,60,67)/t39-,40-,41+,45-,46+,47+,48?,50-,55+,56-,57+/m0/s1. The number of carbonyl (C=O) groups excluding carboxylic acids is 8. The van der Waals surface area contributed by atoms with Crippen LogP contribution in [-0.2, 0) is 66.7 Å². The van der Waals surface area contributed by atoms with Crippen LogP contribution in [0.25, 0.3) is 0 Å². The first kappa shape index (κ1) is 58.8. The quantitative estimate of drug-likeness (QED) is 0.0418. The molecule has 21 nitrogen and oxygen atoms in total. The average Bonchev–Trinajstić information content (AvgIpc) is 1.68. The zero-order chi connectivity index (χ0) is 56.6. The van der Waals surface area contributed by atoms with Crippen LogP contribution >= 0.6 is 0 Å². The van der Waals surface area contributed by atoms with Crippen LogP contribution in [0.4, 0.5) is 0 Å². The van der Waals surface area contributed by atoms with Gasteiger partial charge in [-0.15, -0.1) is 0 Å². The van der Waals surface area contributed by atoms with Crippen molar-refractivity contribution in [1.82, 2.24) is 10.6 Å². The molecule has 2 amide bonds. The number of nitrogens with one attached hydrogen (secondary N) is 2. The topological polar surface area (TPSA) is 301 Å². The lowest BCUT2D eigenvalue weighted by molar-refractivity contribution is -0.346. The number of carbonyl (C=O) groups is 8. The number of amides is 2. The molecule has 21 heteroatoms. The molecule has 3 fully saturated rings. The Morgan fingerprint density at radius 3 is 2.00 bits per heavy atom. The molecular weight excluding hydrogens is 1010 g/mol. The first-order valence-corrected chi connectivity index (χ1v) is 25.9. The summed E-state index contributed by atoms with van der Waals surface area (Å²) in [5.74, 6) is -8.83. The van der Waals surface area contributed by atoms with Crippen molar-refractivity contribution in [1.29, 1.82) is 0 Å². The molecule has 0 radical (unpaired) electrons. The molecule has 11 atom stereocenters. The number of aliphatic hydroxyl groups excluding tert-OH is 1. The molecule has 2 saturated carbocycles. The van der Waals surface area contributed by atoms with Crippen LogP contribution in [0, 0.1) is 16.7 Å². The molecule has 78 heavy (non-hydrogen) atoms. The second kappa shape index (κ2) is 24.8. The summed E-state index contributed by atoms with van der Waals surface area (Å²) in [7, 11) is 0. The molecule has 0 spiro atoms. The van der Waals surface area contributed by atoms with Crippen LogP contribution < -0.4 is 16.4 Å². The summed E-state index contributed by atoms with van der Waals surface area (Å²) >= 11 is 0. The van der Waals surface area contributed by atoms with Crippen LogP contribution in [0.1, 0.15) is 99.5 Å². The van der Waals surface area contributed by atoms with E-state index in [1.807, 2.05) is 0 Å². The summed E-state index contributed by atoms with van der Waals surface area (Å²) in [6.07, 6.45) is -12.0. The summed E-state index contributed by atoms with van der Waals surface area (Å²) in [5, 5.41) is 31.7. The molecule has 1 aliphatic heterocycles. The van der Waals surface area contributed by atoms with Crippen LogP contribution in [0.3, 0.4) is 0 Å². The van der Waals surface area contributed by atoms with Gasteiger partial charge in [-0.1, -0.05) is 80.6 Å². The first-order chi connectivity index (χ1) is 37.1. The second-order valence-electron chi connectivity index (χ2n) is 20.7. The van der Waals surface area contributed by atoms with Gasteiger partial charge in [0.2, 0.25) is 12.0 Å². The number of hydrogen-bond acceptors (Lipinski definition) is 19. The Morgan fingerprint density at radius 2 is 1.41 bits per heavy atom. The predicted octanol–water partition coefficient (Wildman–Crippen LogP) is 3.17. The van der Waals surface area contributed by atoms with Crippen LogP contribution in [0.5, 0.6) is 0 Å². The maximum absolute atomic E-state index is 15.8. The van der Waals surface area contributed by atoms with Gasteiger partial charge < -0.3 is 64.5 Å². The summed E-state index contributed by atoms with van der Waals surface area (Å²) in [4.78, 5) is 113. The van der Waals surface area contributed by atoms with Crippen LogP contribution in [-0.4, -0.2) is 152 Å². The van der Waals surface area contributed by atoms with Crippen molar-refractivity contribution in [3.05, 3.63) is 119 Å². The lowest BCUT2D eigenvalue weighted by atomic mass is 9.44. The number of rotatable bonds is 22. The Bertz CT molecular complexity index is 2720. The van der Waals surface area contributed by atoms with Crippen LogP contribution in [0.2, 0.25) is 0 Å². The molecule has 420 valence electrons. The highest BCUT2D eigenvalue weighted by atomic mass is 16.6. The Labute approximate surface area is 451 Å². The molecule has 0 aromatic heterocycles. The molecule has 2 bridgehead atoms. The van der Waals surface area contributed by atoms with Crippen molar-refractivity contribution in [2.75, 3.05) is 46.1 Å². The lowest BCUT2D eigenvalue weighted by Gasteiger charge is -2.67. The smallest absolute Gasteiger partial charge is 0.350 e. The maximum Gasteiger partial charge on any atom is 0.350 e. The van der Waals surface area contributed by atoms with Gasteiger partial charge in [0, 0.05) is 57.2 Å². The summed E-state index contributed by atoms with van der Waals surface area (Å²) in [6, 6.07) is 22.4. The van der Waals surface area contributed by atoms with Gasteiger partial charge in [0.1, 0.15) is 30.0 Å². The highest BCUT2D eigenvalue weighted by molar-refractivity contribution is 5.96. The number of nitrogens with two attached hydrogens (primary N) is 1. The highest BCUT2D eigenvalue weighted by Crippen LogP contribution is 2.64. The fraction of sp³-hybridized carbons (Fsp3) is 0.509. The van der Waals surface area contributed by atoms with Gasteiger partial charge in [-0.05, 0) is 54.8 Å². The third-order valence-electron chi connectivity index (χ3n) is 15.5. The molecule has 1 saturated heterocycles. The summed E-state index contributed by atoms with van der Waals surface area (Å²) in [5.41, 5.74) is -2.31. The van der Waals surface area contributed by atoms with E-state index < -0.39 is 131 Å².